The van der Waals surface area contributed by atoms with Crippen molar-refractivity contribution in [1.29, 1.82) is 0 Å². The second-order valence-corrected chi connectivity index (χ2v) is 5.47. The molecule has 3 atom stereocenters. The van der Waals surface area contributed by atoms with Crippen LogP contribution in [-0.4, -0.2) is 37.1 Å². The van der Waals surface area contributed by atoms with Crippen molar-refractivity contribution in [2.24, 2.45) is 5.92 Å². The summed E-state index contributed by atoms with van der Waals surface area (Å²) in [5, 5.41) is 3.91. The van der Waals surface area contributed by atoms with Gasteiger partial charge in [0.2, 0.25) is 0 Å². The predicted octanol–water partition coefficient (Wildman–Crippen LogP) is 2.25. The molecule has 1 saturated heterocycles. The van der Waals surface area contributed by atoms with Crippen LogP contribution in [0.4, 0.5) is 0 Å². The number of hydrogen-bond donors (Lipinski definition) is 1. The van der Waals surface area contributed by atoms with Crippen LogP contribution in [0.1, 0.15) is 45.4 Å². The number of likely N-dealkylation sites (N-methyl/N-ethyl adjacent to an activating group) is 1. The summed E-state index contributed by atoms with van der Waals surface area (Å²) < 4.78 is 0. The summed E-state index contributed by atoms with van der Waals surface area (Å²) in [4.78, 5) is 2.47. The highest BCUT2D eigenvalue weighted by molar-refractivity contribution is 4.87. The van der Waals surface area contributed by atoms with Gasteiger partial charge in [0.25, 0.3) is 0 Å². The van der Waals surface area contributed by atoms with Gasteiger partial charge in [-0.05, 0) is 45.2 Å². The highest BCUT2D eigenvalue weighted by Crippen LogP contribution is 2.29. The Morgan fingerprint density at radius 3 is 2.80 bits per heavy atom. The van der Waals surface area contributed by atoms with Crippen LogP contribution >= 0.6 is 0 Å². The number of rotatable bonds is 3. The minimum absolute atomic E-state index is 0.765. The molecule has 0 aromatic rings. The van der Waals surface area contributed by atoms with E-state index in [4.69, 9.17) is 0 Å². The molecule has 1 aliphatic carbocycles. The van der Waals surface area contributed by atoms with E-state index in [0.717, 1.165) is 18.0 Å². The third-order valence-electron chi connectivity index (χ3n) is 4.26. The fraction of sp³-hybridized carbons (Fsp3) is 1.00. The molecule has 0 aromatic carbocycles. The molecular formula is C13H26N2. The first-order chi connectivity index (χ1) is 7.29. The summed E-state index contributed by atoms with van der Waals surface area (Å²) in [5.41, 5.74) is 0. The molecule has 2 nitrogen and oxygen atoms in total. The first-order valence-corrected chi connectivity index (χ1v) is 6.74. The Bertz CT molecular complexity index is 193. The van der Waals surface area contributed by atoms with Gasteiger partial charge in [0, 0.05) is 18.6 Å². The molecule has 15 heavy (non-hydrogen) atoms. The normalized spacial score (nSPS) is 38.4. The molecule has 0 spiro atoms. The second-order valence-electron chi connectivity index (χ2n) is 5.47. The third-order valence-corrected chi connectivity index (χ3v) is 4.26. The van der Waals surface area contributed by atoms with Gasteiger partial charge in [0.15, 0.2) is 0 Å². The van der Waals surface area contributed by atoms with Crippen LogP contribution in [0.2, 0.25) is 0 Å². The minimum atomic E-state index is 0.765. The van der Waals surface area contributed by atoms with Crippen molar-refractivity contribution in [3.05, 3.63) is 0 Å². The van der Waals surface area contributed by atoms with Crippen molar-refractivity contribution in [2.75, 3.05) is 20.1 Å². The SMILES string of the molecule is CCC1CCCC1NC1CCCN(C)C1. The van der Waals surface area contributed by atoms with Gasteiger partial charge in [-0.25, -0.2) is 0 Å². The maximum absolute atomic E-state index is 3.91. The van der Waals surface area contributed by atoms with E-state index in [1.165, 1.54) is 51.6 Å². The van der Waals surface area contributed by atoms with Gasteiger partial charge in [0.05, 0.1) is 0 Å². The quantitative estimate of drug-likeness (QED) is 0.768. The summed E-state index contributed by atoms with van der Waals surface area (Å²) in [7, 11) is 2.25. The Morgan fingerprint density at radius 1 is 1.20 bits per heavy atom. The van der Waals surface area contributed by atoms with E-state index in [-0.39, 0.29) is 0 Å². The fourth-order valence-corrected chi connectivity index (χ4v) is 3.35. The Labute approximate surface area is 94.4 Å². The standard InChI is InChI=1S/C13H26N2/c1-3-11-6-4-8-13(11)14-12-7-5-9-15(2)10-12/h11-14H,3-10H2,1-2H3. The molecular weight excluding hydrogens is 184 g/mol. The number of piperidine rings is 1. The van der Waals surface area contributed by atoms with Crippen LogP contribution in [0, 0.1) is 5.92 Å². The van der Waals surface area contributed by atoms with Gasteiger partial charge < -0.3 is 10.2 Å². The number of nitrogens with zero attached hydrogens (tertiary/aromatic N) is 1. The highest BCUT2D eigenvalue weighted by Gasteiger charge is 2.28. The summed E-state index contributed by atoms with van der Waals surface area (Å²) in [5.74, 6) is 0.956. The molecule has 0 radical (unpaired) electrons. The molecule has 3 unspecified atom stereocenters. The zero-order valence-electron chi connectivity index (χ0n) is 10.3. The van der Waals surface area contributed by atoms with E-state index < -0.39 is 0 Å². The van der Waals surface area contributed by atoms with E-state index in [1.54, 1.807) is 0 Å². The van der Waals surface area contributed by atoms with Crippen LogP contribution in [-0.2, 0) is 0 Å². The molecule has 2 fully saturated rings. The van der Waals surface area contributed by atoms with E-state index in [0.29, 0.717) is 0 Å². The topological polar surface area (TPSA) is 15.3 Å². The van der Waals surface area contributed by atoms with Crippen LogP contribution in [0.25, 0.3) is 0 Å². The van der Waals surface area contributed by atoms with E-state index in [1.807, 2.05) is 0 Å². The van der Waals surface area contributed by atoms with Gasteiger partial charge >= 0.3 is 0 Å². The number of nitrogens with one attached hydrogen (secondary N) is 1. The molecule has 2 rings (SSSR count). The number of hydrogen-bond acceptors (Lipinski definition) is 2. The van der Waals surface area contributed by atoms with Crippen LogP contribution in [0.15, 0.2) is 0 Å². The maximum atomic E-state index is 3.91. The molecule has 1 aliphatic heterocycles. The third kappa shape index (κ3) is 2.94. The molecule has 0 amide bonds. The van der Waals surface area contributed by atoms with Gasteiger partial charge in [0.1, 0.15) is 0 Å². The van der Waals surface area contributed by atoms with E-state index >= 15 is 0 Å². The van der Waals surface area contributed by atoms with Crippen molar-refractivity contribution >= 4 is 0 Å². The molecule has 2 heteroatoms. The zero-order valence-corrected chi connectivity index (χ0v) is 10.3. The van der Waals surface area contributed by atoms with E-state index in [2.05, 4.69) is 24.2 Å². The Balaban J connectivity index is 1.80. The van der Waals surface area contributed by atoms with E-state index in [9.17, 15) is 0 Å². The summed E-state index contributed by atoms with van der Waals surface area (Å²) in [6.45, 7) is 4.89. The summed E-state index contributed by atoms with van der Waals surface area (Å²) >= 11 is 0. The zero-order chi connectivity index (χ0) is 10.7. The average Bonchev–Trinajstić information content (AvgIpc) is 2.65. The predicted molar refractivity (Wildman–Crippen MR) is 65.1 cm³/mol. The van der Waals surface area contributed by atoms with Gasteiger partial charge in [-0.2, -0.15) is 0 Å². The lowest BCUT2D eigenvalue weighted by Crippen LogP contribution is -2.48. The van der Waals surface area contributed by atoms with Crippen molar-refractivity contribution in [2.45, 2.75) is 57.5 Å². The first kappa shape index (κ1) is 11.4. The lowest BCUT2D eigenvalue weighted by atomic mass is 9.98. The molecule has 0 aromatic heterocycles. The van der Waals surface area contributed by atoms with Crippen molar-refractivity contribution in [1.82, 2.24) is 10.2 Å². The maximum Gasteiger partial charge on any atom is 0.0198 e. The van der Waals surface area contributed by atoms with Crippen molar-refractivity contribution in [3.8, 4) is 0 Å². The van der Waals surface area contributed by atoms with Crippen LogP contribution in [0.5, 0.6) is 0 Å². The molecule has 1 heterocycles. The Kier molecular flexibility index (Phi) is 4.04. The average molecular weight is 210 g/mol. The first-order valence-electron chi connectivity index (χ1n) is 6.74. The summed E-state index contributed by atoms with van der Waals surface area (Å²) in [6.07, 6.45) is 8.43. The second kappa shape index (κ2) is 5.31. The van der Waals surface area contributed by atoms with Gasteiger partial charge in [-0.15, -0.1) is 0 Å². The summed E-state index contributed by atoms with van der Waals surface area (Å²) in [6, 6.07) is 1.59. The fourth-order valence-electron chi connectivity index (χ4n) is 3.35. The van der Waals surface area contributed by atoms with Crippen molar-refractivity contribution < 1.29 is 0 Å². The van der Waals surface area contributed by atoms with Crippen LogP contribution in [0.3, 0.4) is 0 Å². The van der Waals surface area contributed by atoms with Crippen molar-refractivity contribution in [3.63, 3.8) is 0 Å². The molecule has 1 N–H and O–H groups in total. The van der Waals surface area contributed by atoms with Crippen LogP contribution < -0.4 is 5.32 Å². The Morgan fingerprint density at radius 2 is 2.07 bits per heavy atom. The van der Waals surface area contributed by atoms with Gasteiger partial charge in [-0.3, -0.25) is 0 Å². The molecule has 2 aliphatic rings. The molecule has 0 bridgehead atoms. The monoisotopic (exact) mass is 210 g/mol. The number of likely N-dealkylation sites (tertiary alicyclic amines) is 1. The largest absolute Gasteiger partial charge is 0.310 e. The molecule has 88 valence electrons. The minimum Gasteiger partial charge on any atom is -0.310 e. The highest BCUT2D eigenvalue weighted by atomic mass is 15.1. The van der Waals surface area contributed by atoms with Gasteiger partial charge in [-0.1, -0.05) is 19.8 Å². The Hall–Kier alpha value is -0.0800. The lowest BCUT2D eigenvalue weighted by Gasteiger charge is -2.33. The smallest absolute Gasteiger partial charge is 0.0198 e. The molecule has 1 saturated carbocycles. The lowest BCUT2D eigenvalue weighted by molar-refractivity contribution is 0.206.